The summed E-state index contributed by atoms with van der Waals surface area (Å²) in [5, 5.41) is 16.1. The molecule has 2 N–H and O–H groups in total. The Balaban J connectivity index is 1.40. The third-order valence-corrected chi connectivity index (χ3v) is 5.38. The number of nitrogens with one attached hydrogen (secondary N) is 2. The number of anilines is 2. The van der Waals surface area contributed by atoms with E-state index in [-0.39, 0.29) is 24.2 Å². The highest BCUT2D eigenvalue weighted by molar-refractivity contribution is 5.94. The van der Waals surface area contributed by atoms with Crippen molar-refractivity contribution in [3.8, 4) is 11.5 Å². The molecule has 0 unspecified atom stereocenters. The molecule has 10 nitrogen and oxygen atoms in total. The molecule has 0 aliphatic carbocycles. The maximum atomic E-state index is 12.2. The van der Waals surface area contributed by atoms with Crippen LogP contribution in [0.4, 0.5) is 17.1 Å². The minimum absolute atomic E-state index is 0.134. The van der Waals surface area contributed by atoms with Crippen LogP contribution in [0, 0.1) is 30.9 Å². The maximum absolute atomic E-state index is 12.2. The molecule has 37 heavy (non-hydrogen) atoms. The van der Waals surface area contributed by atoms with E-state index in [2.05, 4.69) is 10.6 Å². The fourth-order valence-corrected chi connectivity index (χ4v) is 3.42. The van der Waals surface area contributed by atoms with Crippen LogP contribution in [-0.2, 0) is 19.1 Å². The van der Waals surface area contributed by atoms with Crippen LogP contribution in [0.1, 0.15) is 29.5 Å². The first-order valence-corrected chi connectivity index (χ1v) is 11.5. The highest BCUT2D eigenvalue weighted by Gasteiger charge is 2.14. The van der Waals surface area contributed by atoms with Crippen molar-refractivity contribution in [2.45, 2.75) is 33.6 Å². The third kappa shape index (κ3) is 7.89. The summed E-state index contributed by atoms with van der Waals surface area (Å²) >= 11 is 0. The van der Waals surface area contributed by atoms with E-state index < -0.39 is 29.3 Å². The van der Waals surface area contributed by atoms with Crippen LogP contribution >= 0.6 is 0 Å². The van der Waals surface area contributed by atoms with E-state index >= 15 is 0 Å². The van der Waals surface area contributed by atoms with Crippen molar-refractivity contribution in [1.82, 2.24) is 0 Å². The average molecular weight is 506 g/mol. The summed E-state index contributed by atoms with van der Waals surface area (Å²) in [6, 6.07) is 17.0. The fraction of sp³-hybridized carbons (Fsp3) is 0.222. The van der Waals surface area contributed by atoms with Crippen LogP contribution in [0.5, 0.6) is 11.5 Å². The summed E-state index contributed by atoms with van der Waals surface area (Å²) in [6.07, 6.45) is -0.353. The number of hydrogen-bond donors (Lipinski definition) is 2. The van der Waals surface area contributed by atoms with Crippen molar-refractivity contribution in [2.75, 3.05) is 17.2 Å². The number of benzene rings is 3. The van der Waals surface area contributed by atoms with Gasteiger partial charge in [0.25, 0.3) is 11.6 Å². The molecule has 192 valence electrons. The normalized spacial score (nSPS) is 10.4. The van der Waals surface area contributed by atoms with Crippen LogP contribution in [0.3, 0.4) is 0 Å². The van der Waals surface area contributed by atoms with Gasteiger partial charge in [0, 0.05) is 29.4 Å². The molecule has 0 saturated carbocycles. The summed E-state index contributed by atoms with van der Waals surface area (Å²) in [4.78, 5) is 46.6. The van der Waals surface area contributed by atoms with Crippen LogP contribution in [0.25, 0.3) is 0 Å². The van der Waals surface area contributed by atoms with Gasteiger partial charge in [0.15, 0.2) is 6.61 Å². The topological polar surface area (TPSA) is 137 Å². The largest absolute Gasteiger partial charge is 0.457 e. The molecule has 0 aliphatic rings. The molecular weight excluding hydrogens is 478 g/mol. The highest BCUT2D eigenvalue weighted by Crippen LogP contribution is 2.29. The second-order valence-corrected chi connectivity index (χ2v) is 8.36. The first-order valence-electron chi connectivity index (χ1n) is 11.5. The molecule has 0 aromatic heterocycles. The molecule has 0 bridgehead atoms. The number of para-hydroxylation sites is 1. The van der Waals surface area contributed by atoms with E-state index in [4.69, 9.17) is 9.47 Å². The number of hydrogen-bond acceptors (Lipinski definition) is 7. The van der Waals surface area contributed by atoms with E-state index in [0.717, 1.165) is 16.9 Å². The van der Waals surface area contributed by atoms with E-state index in [0.29, 0.717) is 17.0 Å². The van der Waals surface area contributed by atoms with Gasteiger partial charge in [0.05, 0.1) is 11.3 Å². The number of nitro benzene ring substituents is 1. The molecule has 3 rings (SSSR count). The Morgan fingerprint density at radius 1 is 0.811 bits per heavy atom. The van der Waals surface area contributed by atoms with Crippen molar-refractivity contribution in [3.63, 3.8) is 0 Å². The van der Waals surface area contributed by atoms with Gasteiger partial charge in [-0.2, -0.15) is 0 Å². The third-order valence-electron chi connectivity index (χ3n) is 5.38. The van der Waals surface area contributed by atoms with Crippen LogP contribution < -0.4 is 15.4 Å². The van der Waals surface area contributed by atoms with Crippen molar-refractivity contribution >= 4 is 34.8 Å². The molecule has 2 amide bonds. The summed E-state index contributed by atoms with van der Waals surface area (Å²) in [5.74, 6) is -0.363. The Bertz CT molecular complexity index is 1300. The summed E-state index contributed by atoms with van der Waals surface area (Å²) in [6.45, 7) is 4.93. The maximum Gasteiger partial charge on any atom is 0.306 e. The van der Waals surface area contributed by atoms with Gasteiger partial charge in [-0.15, -0.1) is 0 Å². The smallest absolute Gasteiger partial charge is 0.306 e. The number of nitrogens with zero attached hydrogens (tertiary/aromatic N) is 1. The van der Waals surface area contributed by atoms with E-state index in [1.54, 1.807) is 31.2 Å². The zero-order valence-corrected chi connectivity index (χ0v) is 20.7. The second kappa shape index (κ2) is 12.3. The average Bonchev–Trinajstić information content (AvgIpc) is 2.86. The Morgan fingerprint density at radius 2 is 1.43 bits per heavy atom. The van der Waals surface area contributed by atoms with Gasteiger partial charge < -0.3 is 20.1 Å². The molecule has 0 heterocycles. The van der Waals surface area contributed by atoms with Gasteiger partial charge in [0.2, 0.25) is 5.91 Å². The first-order chi connectivity index (χ1) is 17.6. The molecule has 0 saturated heterocycles. The molecule has 0 atom stereocenters. The number of aryl methyl sites for hydroxylation is 3. The van der Waals surface area contributed by atoms with Crippen molar-refractivity contribution in [2.24, 2.45) is 0 Å². The van der Waals surface area contributed by atoms with Gasteiger partial charge in [-0.1, -0.05) is 24.3 Å². The molecule has 0 aliphatic heterocycles. The zero-order valence-electron chi connectivity index (χ0n) is 20.7. The standard InChI is InChI=1S/C27H27N3O7/c1-17-7-8-21(15-23(17)30(34)35)29-25(32)16-36-26(33)14-13-24(31)28-20-9-11-22(12-10-20)37-27-18(2)5-4-6-19(27)3/h4-12,15H,13-14,16H2,1-3H3,(H,28,31)(H,29,32). The Kier molecular flexibility index (Phi) is 8.93. The Hall–Kier alpha value is -4.73. The minimum Gasteiger partial charge on any atom is -0.457 e. The van der Waals surface area contributed by atoms with Gasteiger partial charge in [0.1, 0.15) is 11.5 Å². The lowest BCUT2D eigenvalue weighted by atomic mass is 10.1. The number of nitro groups is 1. The number of carbonyl (C=O) groups excluding carboxylic acids is 3. The lowest BCUT2D eigenvalue weighted by molar-refractivity contribution is -0.385. The van der Waals surface area contributed by atoms with E-state index in [1.807, 2.05) is 32.0 Å². The van der Waals surface area contributed by atoms with Gasteiger partial charge in [-0.25, -0.2) is 0 Å². The predicted octanol–water partition coefficient (Wildman–Crippen LogP) is 5.21. The van der Waals surface area contributed by atoms with Crippen LogP contribution in [-0.4, -0.2) is 29.3 Å². The number of carbonyl (C=O) groups is 3. The zero-order chi connectivity index (χ0) is 26.9. The molecule has 0 radical (unpaired) electrons. The molecule has 0 spiro atoms. The highest BCUT2D eigenvalue weighted by atomic mass is 16.6. The summed E-state index contributed by atoms with van der Waals surface area (Å²) in [7, 11) is 0. The monoisotopic (exact) mass is 505 g/mol. The lowest BCUT2D eigenvalue weighted by Crippen LogP contribution is -2.21. The number of rotatable bonds is 10. The first kappa shape index (κ1) is 26.9. The summed E-state index contributed by atoms with van der Waals surface area (Å²) < 4.78 is 10.8. The quantitative estimate of drug-likeness (QED) is 0.219. The molecule has 0 fully saturated rings. The molecular formula is C27H27N3O7. The van der Waals surface area contributed by atoms with E-state index in [1.165, 1.54) is 18.2 Å². The van der Waals surface area contributed by atoms with E-state index in [9.17, 15) is 24.5 Å². The van der Waals surface area contributed by atoms with Gasteiger partial charge in [-0.3, -0.25) is 24.5 Å². The Morgan fingerprint density at radius 3 is 2.08 bits per heavy atom. The number of esters is 1. The Labute approximate surface area is 213 Å². The molecule has 3 aromatic rings. The van der Waals surface area contributed by atoms with Crippen LogP contribution in [0.2, 0.25) is 0 Å². The lowest BCUT2D eigenvalue weighted by Gasteiger charge is -2.12. The molecule has 3 aromatic carbocycles. The summed E-state index contributed by atoms with van der Waals surface area (Å²) in [5.41, 5.74) is 3.10. The number of ether oxygens (including phenoxy) is 2. The van der Waals surface area contributed by atoms with Crippen molar-refractivity contribution < 1.29 is 28.8 Å². The van der Waals surface area contributed by atoms with Crippen LogP contribution in [0.15, 0.2) is 60.7 Å². The van der Waals surface area contributed by atoms with Crippen molar-refractivity contribution in [3.05, 3.63) is 87.5 Å². The van der Waals surface area contributed by atoms with Gasteiger partial charge >= 0.3 is 5.97 Å². The van der Waals surface area contributed by atoms with Gasteiger partial charge in [-0.05, 0) is 62.2 Å². The van der Waals surface area contributed by atoms with Crippen molar-refractivity contribution in [1.29, 1.82) is 0 Å². The SMILES string of the molecule is Cc1ccc(NC(=O)COC(=O)CCC(=O)Nc2ccc(Oc3c(C)cccc3C)cc2)cc1[N+](=O)[O-]. The fourth-order valence-electron chi connectivity index (χ4n) is 3.42. The predicted molar refractivity (Wildman–Crippen MR) is 138 cm³/mol. The molecule has 10 heteroatoms. The minimum atomic E-state index is -0.725. The second-order valence-electron chi connectivity index (χ2n) is 8.36. The number of amides is 2.